The normalized spacial score (nSPS) is 41.5. The third-order valence-corrected chi connectivity index (χ3v) is 20.6. The van der Waals surface area contributed by atoms with Gasteiger partial charge in [0.2, 0.25) is 0 Å². The van der Waals surface area contributed by atoms with Gasteiger partial charge in [-0.2, -0.15) is 0 Å². The lowest BCUT2D eigenvalue weighted by molar-refractivity contribution is -0.130. The van der Waals surface area contributed by atoms with E-state index in [0.717, 1.165) is 47.2 Å². The van der Waals surface area contributed by atoms with Crippen molar-refractivity contribution in [3.8, 4) is 57.5 Å². The van der Waals surface area contributed by atoms with Crippen molar-refractivity contribution in [2.45, 2.75) is 208 Å². The molecule has 642 valence electrons. The molecule has 0 N–H and O–H groups in total. The first-order chi connectivity index (χ1) is 78.1. The minimum absolute atomic E-state index is 0.0187. The number of methoxy groups -OCH3 is 10. The van der Waals surface area contributed by atoms with E-state index in [1.807, 2.05) is 13.8 Å². The number of carbonyl (C=O) groups is 5. The first-order valence-electron chi connectivity index (χ1n) is 66.8. The second-order valence-electron chi connectivity index (χ2n) is 29.6. The fourth-order valence-electron chi connectivity index (χ4n) is 14.9. The highest BCUT2D eigenvalue weighted by Crippen LogP contribution is 2.49. The van der Waals surface area contributed by atoms with Gasteiger partial charge in [0.25, 0.3) is 0 Å². The molecule has 0 amide bonds. The number of ether oxygens (including phenoxy) is 10. The van der Waals surface area contributed by atoms with Crippen molar-refractivity contribution in [1.82, 2.24) is 24.5 Å². The molecule has 5 saturated heterocycles. The summed E-state index contributed by atoms with van der Waals surface area (Å²) in [6.07, 6.45) is -31.5. The number of hydrogen-bond acceptors (Lipinski definition) is 20. The van der Waals surface area contributed by atoms with Gasteiger partial charge in [0.05, 0.1) is 94.0 Å². The molecular weight excluding hydrogens is 1480 g/mol. The highest BCUT2D eigenvalue weighted by Gasteiger charge is 2.45. The maximum atomic E-state index is 13.8. The summed E-state index contributed by atoms with van der Waals surface area (Å²) in [6, 6.07) is 2.80. The van der Waals surface area contributed by atoms with E-state index in [-0.39, 0.29) is 159 Å². The Bertz CT molecular complexity index is 6950. The first-order valence-corrected chi connectivity index (χ1v) is 37.8. The summed E-state index contributed by atoms with van der Waals surface area (Å²) in [4.78, 5) is 71.2. The Hall–Kier alpha value is -7.75. The molecule has 0 radical (unpaired) electrons. The molecular formula is C97H139N5O15. The minimum Gasteiger partial charge on any atom is -0.493 e. The summed E-state index contributed by atoms with van der Waals surface area (Å²) in [5, 5.41) is 0. The molecule has 20 nitrogen and oxygen atoms in total. The van der Waals surface area contributed by atoms with Gasteiger partial charge in [-0.1, -0.05) is 81.8 Å². The molecule has 10 heterocycles. The highest BCUT2D eigenvalue weighted by molar-refractivity contribution is 5.86. The van der Waals surface area contributed by atoms with Crippen LogP contribution >= 0.6 is 0 Å². The topological polar surface area (TPSA) is 194 Å². The van der Waals surface area contributed by atoms with E-state index in [1.165, 1.54) is 63.7 Å². The summed E-state index contributed by atoms with van der Waals surface area (Å²) < 4.78 is 526. The second kappa shape index (κ2) is 41.0. The van der Waals surface area contributed by atoms with Gasteiger partial charge in [-0.15, -0.1) is 0 Å². The molecule has 12 unspecified atom stereocenters. The van der Waals surface area contributed by atoms with E-state index in [0.29, 0.717) is 41.2 Å². The Morgan fingerprint density at radius 3 is 1.14 bits per heavy atom. The van der Waals surface area contributed by atoms with E-state index in [1.54, 1.807) is 27.7 Å². The number of rotatable bonds is 22. The minimum atomic E-state index is -4.11. The van der Waals surface area contributed by atoms with Gasteiger partial charge in [0, 0.05) is 213 Å². The maximum Gasteiger partial charge on any atom is 0.161 e. The number of carbonyl (C=O) groups excluding carboxylic acids is 5. The molecule has 5 fully saturated rings. The lowest BCUT2D eigenvalue weighted by Crippen LogP contribution is -2.46. The quantitative estimate of drug-likeness (QED) is 0.0634. The Morgan fingerprint density at radius 2 is 0.726 bits per heavy atom. The number of hydrogen-bond donors (Lipinski definition) is 0. The zero-order valence-electron chi connectivity index (χ0n) is 125. The molecule has 0 aliphatic carbocycles. The van der Waals surface area contributed by atoms with Gasteiger partial charge in [0.1, 0.15) is 28.9 Å². The van der Waals surface area contributed by atoms with Crippen molar-refractivity contribution in [3.05, 3.63) is 116 Å². The monoisotopic (exact) mass is 1670 g/mol. The lowest BCUT2D eigenvalue weighted by atomic mass is 9.79. The Labute approximate surface area is 780 Å². The summed E-state index contributed by atoms with van der Waals surface area (Å²) in [5.74, 6) is -25.7. The van der Waals surface area contributed by atoms with Crippen LogP contribution in [0, 0.1) is 59.1 Å². The predicted octanol–water partition coefficient (Wildman–Crippen LogP) is 17.0. The fraction of sp³-hybridized carbons (Fsp3) is 0.639. The van der Waals surface area contributed by atoms with Gasteiger partial charge in [0.15, 0.2) is 57.5 Å². The van der Waals surface area contributed by atoms with Crippen molar-refractivity contribution in [3.63, 3.8) is 0 Å². The molecule has 0 spiro atoms. The van der Waals surface area contributed by atoms with Gasteiger partial charge in [-0.25, -0.2) is 0 Å². The molecule has 10 aliphatic heterocycles. The van der Waals surface area contributed by atoms with Gasteiger partial charge in [-0.05, 0) is 210 Å². The zero-order valence-corrected chi connectivity index (χ0v) is 67.2. The third kappa shape index (κ3) is 21.0. The van der Waals surface area contributed by atoms with Crippen LogP contribution in [0.4, 0.5) is 0 Å². The van der Waals surface area contributed by atoms with Crippen LogP contribution in [0.15, 0.2) is 60.7 Å². The SMILES string of the molecule is [2H]C([2H])([2H])Oc1cc2c(cc1OC)C1([2H])CC(=O)C(C([2H])([2H])C([2H])(C([2H])([2H])[2H])C([2H])([2H])C)CN1C([2H])([2H])C2([2H])[2H].[2H]C([2H])([2H])Oc1cc2c(cc1OC)C1([2H])CC(=O)C(CC(C)C)CN1C([2H])([2H])C2([2H])[2H].[2H]C([2H])([2H])Oc1cc2c(cc1OC)C1N(CC([2H])(CC(C)C)C(=O)C1([2H])[2H])C([2H])([2H])C2([2H])[2H].[2H]C([2H])([2H])Oc1cc2c(cc1OC)C1N(CC2)C([2H])([2H])C([2H])(C([2H])([2H])C([2H])(C([2H])([2H])[2H])C([2H])([2H])C)C(=O)C1([2H])[2H].[2H]C([2H])([2H])Oc1cc2c(cc1OC)C1N(CC2)C([2H])([2H])C([2H])(CC(C)C)C(=O)C1([2H])[2H]. The molecule has 12 atom stereocenters. The second-order valence-corrected chi connectivity index (χ2v) is 29.6. The van der Waals surface area contributed by atoms with Crippen LogP contribution in [-0.2, 0) is 55.9 Å². The zero-order chi connectivity index (χ0) is 135. The molecule has 0 saturated carbocycles. The van der Waals surface area contributed by atoms with Gasteiger partial charge in [-0.3, -0.25) is 48.5 Å². The van der Waals surface area contributed by atoms with Crippen LogP contribution < -0.4 is 47.4 Å². The number of Topliss-reactive ketones (excluding diaryl/α,β-unsaturated/α-hetero) is 5. The lowest BCUT2D eigenvalue weighted by Gasteiger charge is -2.43. The molecule has 5 aromatic carbocycles. The smallest absolute Gasteiger partial charge is 0.161 e. The van der Waals surface area contributed by atoms with Crippen molar-refractivity contribution < 1.29 is 151 Å². The molecule has 5 aromatic rings. The van der Waals surface area contributed by atoms with Crippen LogP contribution in [0.25, 0.3) is 0 Å². The van der Waals surface area contributed by atoms with Crippen molar-refractivity contribution in [2.75, 3.05) is 136 Å². The summed E-state index contributed by atoms with van der Waals surface area (Å²) in [7, 11) is -8.20. The van der Waals surface area contributed by atoms with Gasteiger partial charge < -0.3 is 47.4 Å². The molecule has 0 aromatic heterocycles. The molecule has 117 heavy (non-hydrogen) atoms. The van der Waals surface area contributed by atoms with Crippen LogP contribution in [-0.4, -0.2) is 189 Å². The van der Waals surface area contributed by atoms with Crippen molar-refractivity contribution in [2.24, 2.45) is 59.1 Å². The molecule has 20 heteroatoms. The Morgan fingerprint density at radius 1 is 0.393 bits per heavy atom. The van der Waals surface area contributed by atoms with E-state index in [4.69, 9.17) is 126 Å². The number of piperidine rings is 5. The van der Waals surface area contributed by atoms with Crippen molar-refractivity contribution in [1.29, 1.82) is 0 Å². The third-order valence-electron chi connectivity index (χ3n) is 20.6. The van der Waals surface area contributed by atoms with E-state index in [9.17, 15) is 25.3 Å². The van der Waals surface area contributed by atoms with E-state index >= 15 is 0 Å². The number of ketones is 5. The fourth-order valence-corrected chi connectivity index (χ4v) is 14.9. The highest BCUT2D eigenvalue weighted by atomic mass is 16.5. The first kappa shape index (κ1) is 40.7. The summed E-state index contributed by atoms with van der Waals surface area (Å²) in [5.41, 5.74) is -0.265. The largest absolute Gasteiger partial charge is 0.493 e. The van der Waals surface area contributed by atoms with Crippen LogP contribution in [0.1, 0.15) is 311 Å². The predicted molar refractivity (Wildman–Crippen MR) is 460 cm³/mol. The molecule has 15 rings (SSSR count). The standard InChI is InChI=1S/2C20H29NO3.3C19H27NO3/c2*1-5-13(2)8-15-12-21-7-6-14-9-19(23-3)20(24-4)10-16(14)17(21)11-18(15)22;3*1-12(2)7-14-11-20-6-5-13-8-18(22-3)19(23-4)9-15(13)16(20)10-17(14)21/h2*9-10,13,15,17H,5-8,11-12H2,1-4H3;3*8-9,12,14,16H,5-7,10-11H2,1-4H3/i2D3,3D3,5D2,8D2,11D2,12D2,13D,15D;2D3,3D3,5D2,6D2,7D2,8D2,13D,17D;3D3,5D2,6D2,10D2,14D;3D3,10D2,11D2,14D;3D3,5D2,6D2,16D. The number of benzene rings is 5. The van der Waals surface area contributed by atoms with Crippen LogP contribution in [0.3, 0.4) is 0 Å². The average Bonchev–Trinajstić information content (AvgIpc) is 0.656. The van der Waals surface area contributed by atoms with Gasteiger partial charge >= 0.3 is 0 Å². The molecule has 10 aliphatic rings. The van der Waals surface area contributed by atoms with E-state index < -0.39 is 277 Å². The summed E-state index contributed by atoms with van der Waals surface area (Å²) >= 11 is 0. The number of fused-ring (bicyclic) bond motifs is 15. The molecule has 0 bridgehead atoms. The summed E-state index contributed by atoms with van der Waals surface area (Å²) in [6.45, 7) is -11.7. The number of nitrogens with zero attached hydrogens (tertiary/aromatic N) is 5. The average molecular weight is 1670 g/mol. The van der Waals surface area contributed by atoms with Crippen LogP contribution in [0.2, 0.25) is 0 Å². The van der Waals surface area contributed by atoms with E-state index in [2.05, 4.69) is 0 Å². The maximum absolute atomic E-state index is 13.8. The van der Waals surface area contributed by atoms with Crippen molar-refractivity contribution >= 4 is 28.9 Å². The Kier molecular flexibility index (Phi) is 14.3. The number of aryl methyl sites for hydroxylation is 3. The Balaban J connectivity index is 0.000000205. The van der Waals surface area contributed by atoms with Crippen LogP contribution in [0.5, 0.6) is 57.5 Å².